The second-order valence-electron chi connectivity index (χ2n) is 5.29. The van der Waals surface area contributed by atoms with E-state index in [0.29, 0.717) is 6.54 Å². The van der Waals surface area contributed by atoms with Gasteiger partial charge in [0.2, 0.25) is 11.8 Å². The zero-order valence-corrected chi connectivity index (χ0v) is 13.6. The third kappa shape index (κ3) is 6.61. The third-order valence-corrected chi connectivity index (χ3v) is 3.39. The molecule has 2 amide bonds. The molecule has 0 radical (unpaired) electrons. The van der Waals surface area contributed by atoms with Gasteiger partial charge in [-0.15, -0.1) is 0 Å². The number of amides is 2. The molecule has 5 nitrogen and oxygen atoms in total. The van der Waals surface area contributed by atoms with E-state index in [2.05, 4.69) is 17.6 Å². The molecule has 0 spiro atoms. The first-order valence-corrected chi connectivity index (χ1v) is 7.74. The number of hydrogen-bond donors (Lipinski definition) is 2. The van der Waals surface area contributed by atoms with Gasteiger partial charge in [0.05, 0.1) is 19.6 Å². The highest BCUT2D eigenvalue weighted by molar-refractivity contribution is 5.79. The number of unbranched alkanes of at least 4 members (excludes halogenated alkanes) is 2. The van der Waals surface area contributed by atoms with Crippen molar-refractivity contribution in [1.82, 2.24) is 10.6 Å². The van der Waals surface area contributed by atoms with Crippen molar-refractivity contribution in [3.8, 4) is 5.75 Å². The van der Waals surface area contributed by atoms with E-state index in [0.717, 1.165) is 30.6 Å². The highest BCUT2D eigenvalue weighted by atomic mass is 16.5. The van der Waals surface area contributed by atoms with Crippen LogP contribution in [0.15, 0.2) is 24.3 Å². The lowest BCUT2D eigenvalue weighted by molar-refractivity contribution is -0.122. The van der Waals surface area contributed by atoms with Gasteiger partial charge in [0.1, 0.15) is 5.75 Å². The molecule has 0 aliphatic heterocycles. The molecular formula is C17H26N2O3. The minimum Gasteiger partial charge on any atom is -0.497 e. The van der Waals surface area contributed by atoms with Gasteiger partial charge in [-0.2, -0.15) is 0 Å². The molecule has 122 valence electrons. The van der Waals surface area contributed by atoms with Crippen LogP contribution in [0.5, 0.6) is 5.75 Å². The molecule has 1 rings (SSSR count). The van der Waals surface area contributed by atoms with Crippen molar-refractivity contribution in [3.05, 3.63) is 29.8 Å². The molecule has 1 aromatic carbocycles. The van der Waals surface area contributed by atoms with Gasteiger partial charge in [-0.25, -0.2) is 0 Å². The Bertz CT molecular complexity index is 471. The smallest absolute Gasteiger partial charge is 0.222 e. The summed E-state index contributed by atoms with van der Waals surface area (Å²) in [6.07, 6.45) is 3.44. The number of benzene rings is 1. The quantitative estimate of drug-likeness (QED) is 0.689. The van der Waals surface area contributed by atoms with Crippen LogP contribution < -0.4 is 15.4 Å². The SMILES string of the molecule is CCCCCNC(=O)CC(NC(C)=O)c1ccc(OC)cc1. The van der Waals surface area contributed by atoms with E-state index in [1.165, 1.54) is 6.92 Å². The predicted molar refractivity (Wildman–Crippen MR) is 86.7 cm³/mol. The summed E-state index contributed by atoms with van der Waals surface area (Å²) in [4.78, 5) is 23.4. The summed E-state index contributed by atoms with van der Waals surface area (Å²) in [5, 5.41) is 5.72. The van der Waals surface area contributed by atoms with Gasteiger partial charge in [0.25, 0.3) is 0 Å². The van der Waals surface area contributed by atoms with Gasteiger partial charge in [0.15, 0.2) is 0 Å². The van der Waals surface area contributed by atoms with E-state index in [4.69, 9.17) is 4.74 Å². The van der Waals surface area contributed by atoms with Crippen molar-refractivity contribution in [2.45, 2.75) is 45.6 Å². The average Bonchev–Trinajstić information content (AvgIpc) is 2.50. The Balaban J connectivity index is 2.63. The van der Waals surface area contributed by atoms with E-state index in [9.17, 15) is 9.59 Å². The number of carbonyl (C=O) groups excluding carboxylic acids is 2. The molecule has 0 aliphatic rings. The zero-order chi connectivity index (χ0) is 16.4. The van der Waals surface area contributed by atoms with Gasteiger partial charge in [0, 0.05) is 13.5 Å². The van der Waals surface area contributed by atoms with E-state index in [1.807, 2.05) is 24.3 Å². The molecule has 1 atom stereocenters. The first-order valence-electron chi connectivity index (χ1n) is 7.74. The largest absolute Gasteiger partial charge is 0.497 e. The molecule has 0 aliphatic carbocycles. The van der Waals surface area contributed by atoms with Gasteiger partial charge < -0.3 is 15.4 Å². The number of methoxy groups -OCH3 is 1. The van der Waals surface area contributed by atoms with Crippen LogP contribution in [-0.4, -0.2) is 25.5 Å². The van der Waals surface area contributed by atoms with Crippen molar-refractivity contribution in [1.29, 1.82) is 0 Å². The molecule has 0 fully saturated rings. The standard InChI is InChI=1S/C17H26N2O3/c1-4-5-6-11-18-17(21)12-16(19-13(2)20)14-7-9-15(22-3)10-8-14/h7-10,16H,4-6,11-12H2,1-3H3,(H,18,21)(H,19,20). The lowest BCUT2D eigenvalue weighted by atomic mass is 10.0. The number of hydrogen-bond acceptors (Lipinski definition) is 3. The van der Waals surface area contributed by atoms with Gasteiger partial charge in [-0.3, -0.25) is 9.59 Å². The van der Waals surface area contributed by atoms with Crippen molar-refractivity contribution >= 4 is 11.8 Å². The molecule has 0 bridgehead atoms. The second kappa shape index (κ2) is 9.82. The minimum atomic E-state index is -0.324. The fourth-order valence-electron chi connectivity index (χ4n) is 2.19. The normalized spacial score (nSPS) is 11.6. The number of ether oxygens (including phenoxy) is 1. The van der Waals surface area contributed by atoms with Crippen LogP contribution in [-0.2, 0) is 9.59 Å². The summed E-state index contributed by atoms with van der Waals surface area (Å²) >= 11 is 0. The van der Waals surface area contributed by atoms with E-state index in [-0.39, 0.29) is 24.3 Å². The topological polar surface area (TPSA) is 67.4 Å². The first-order chi connectivity index (χ1) is 10.6. The number of nitrogens with one attached hydrogen (secondary N) is 2. The molecule has 5 heteroatoms. The molecule has 0 aromatic heterocycles. The molecule has 22 heavy (non-hydrogen) atoms. The Kier molecular flexibility index (Phi) is 8.04. The fraction of sp³-hybridized carbons (Fsp3) is 0.529. The van der Waals surface area contributed by atoms with Crippen LogP contribution in [0.1, 0.15) is 51.1 Å². The summed E-state index contributed by atoms with van der Waals surface area (Å²) in [5.41, 5.74) is 0.889. The predicted octanol–water partition coefficient (Wildman–Crippen LogP) is 2.57. The number of rotatable bonds is 9. The lowest BCUT2D eigenvalue weighted by Crippen LogP contribution is -2.33. The molecule has 0 saturated carbocycles. The first kappa shape index (κ1) is 18.0. The van der Waals surface area contributed by atoms with Crippen LogP contribution >= 0.6 is 0 Å². The maximum atomic E-state index is 12.0. The Morgan fingerprint density at radius 2 is 1.86 bits per heavy atom. The summed E-state index contributed by atoms with van der Waals surface area (Å²) in [7, 11) is 1.60. The molecule has 1 unspecified atom stereocenters. The van der Waals surface area contributed by atoms with E-state index < -0.39 is 0 Å². The lowest BCUT2D eigenvalue weighted by Gasteiger charge is -2.18. The van der Waals surface area contributed by atoms with Crippen molar-refractivity contribution in [2.75, 3.05) is 13.7 Å². The molecule has 2 N–H and O–H groups in total. The van der Waals surface area contributed by atoms with Crippen LogP contribution in [0.3, 0.4) is 0 Å². The number of carbonyl (C=O) groups is 2. The molecule has 1 aromatic rings. The van der Waals surface area contributed by atoms with Crippen LogP contribution in [0.2, 0.25) is 0 Å². The zero-order valence-electron chi connectivity index (χ0n) is 13.6. The van der Waals surface area contributed by atoms with Crippen molar-refractivity contribution in [2.24, 2.45) is 0 Å². The summed E-state index contributed by atoms with van der Waals surface area (Å²) < 4.78 is 5.12. The Morgan fingerprint density at radius 1 is 1.18 bits per heavy atom. The van der Waals surface area contributed by atoms with E-state index >= 15 is 0 Å². The van der Waals surface area contributed by atoms with Crippen LogP contribution in [0.4, 0.5) is 0 Å². The second-order valence-corrected chi connectivity index (χ2v) is 5.29. The maximum Gasteiger partial charge on any atom is 0.222 e. The summed E-state index contributed by atoms with van der Waals surface area (Å²) in [6, 6.07) is 7.05. The van der Waals surface area contributed by atoms with Crippen LogP contribution in [0, 0.1) is 0 Å². The third-order valence-electron chi connectivity index (χ3n) is 3.39. The Hall–Kier alpha value is -2.04. The van der Waals surface area contributed by atoms with Gasteiger partial charge in [-0.1, -0.05) is 31.9 Å². The Morgan fingerprint density at radius 3 is 2.41 bits per heavy atom. The van der Waals surface area contributed by atoms with E-state index in [1.54, 1.807) is 7.11 Å². The summed E-state index contributed by atoms with van der Waals surface area (Å²) in [5.74, 6) is 0.541. The molecule has 0 heterocycles. The van der Waals surface area contributed by atoms with Crippen molar-refractivity contribution < 1.29 is 14.3 Å². The maximum absolute atomic E-state index is 12.0. The van der Waals surface area contributed by atoms with Gasteiger partial charge in [-0.05, 0) is 24.1 Å². The van der Waals surface area contributed by atoms with Crippen molar-refractivity contribution in [3.63, 3.8) is 0 Å². The highest BCUT2D eigenvalue weighted by Crippen LogP contribution is 2.20. The Labute approximate surface area is 132 Å². The fourth-order valence-corrected chi connectivity index (χ4v) is 2.19. The average molecular weight is 306 g/mol. The minimum absolute atomic E-state index is 0.0503. The van der Waals surface area contributed by atoms with Gasteiger partial charge >= 0.3 is 0 Å². The van der Waals surface area contributed by atoms with Crippen LogP contribution in [0.25, 0.3) is 0 Å². The highest BCUT2D eigenvalue weighted by Gasteiger charge is 2.17. The molecule has 0 saturated heterocycles. The molecular weight excluding hydrogens is 280 g/mol. The monoisotopic (exact) mass is 306 g/mol. The summed E-state index contributed by atoms with van der Waals surface area (Å²) in [6.45, 7) is 4.26.